The van der Waals surface area contributed by atoms with Crippen LogP contribution < -0.4 is 10.6 Å². The molecular weight excluding hydrogens is 294 g/mol. The number of carbonyl (C=O) groups excluding carboxylic acids is 1. The van der Waals surface area contributed by atoms with Crippen LogP contribution in [-0.2, 0) is 6.54 Å². The van der Waals surface area contributed by atoms with Gasteiger partial charge in [0.05, 0.1) is 0 Å². The first-order valence-electron chi connectivity index (χ1n) is 7.70. The molecule has 0 bridgehead atoms. The Morgan fingerprint density at radius 2 is 2.22 bits per heavy atom. The number of nitrogens with zero attached hydrogens (tertiary/aromatic N) is 3. The zero-order valence-electron chi connectivity index (χ0n) is 13.4. The average molecular weight is 317 g/mol. The summed E-state index contributed by atoms with van der Waals surface area (Å²) in [7, 11) is 0. The molecule has 124 valence electrons. The normalized spacial score (nSPS) is 12.2. The van der Waals surface area contributed by atoms with Crippen molar-refractivity contribution < 1.29 is 9.90 Å². The number of nitrogens with one attached hydrogen (secondary N) is 2. The molecule has 23 heavy (non-hydrogen) atoms. The molecule has 1 atom stereocenters. The highest BCUT2D eigenvalue weighted by Crippen LogP contribution is 2.07. The lowest BCUT2D eigenvalue weighted by atomic mass is 10.0. The van der Waals surface area contributed by atoms with E-state index in [0.717, 1.165) is 5.56 Å². The van der Waals surface area contributed by atoms with Gasteiger partial charge in [-0.3, -0.25) is 0 Å². The van der Waals surface area contributed by atoms with Gasteiger partial charge in [0.25, 0.3) is 0 Å². The standard InChI is InChI=1S/C16H23N5O2/c1-12(2)14(5-9-22)20-16(23)18-11-13-4-7-17-15(10-13)21-8-3-6-19-21/h3-4,6-8,10,12,14,22H,5,9,11H2,1-2H3,(H2,18,20,23). The van der Waals surface area contributed by atoms with E-state index in [-0.39, 0.29) is 24.6 Å². The number of amides is 2. The third-order valence-corrected chi connectivity index (χ3v) is 3.56. The predicted octanol–water partition coefficient (Wildman–Crippen LogP) is 1.47. The summed E-state index contributed by atoms with van der Waals surface area (Å²) >= 11 is 0. The third kappa shape index (κ3) is 5.07. The van der Waals surface area contributed by atoms with Gasteiger partial charge in [0.2, 0.25) is 0 Å². The maximum atomic E-state index is 12.0. The van der Waals surface area contributed by atoms with Gasteiger partial charge >= 0.3 is 6.03 Å². The van der Waals surface area contributed by atoms with Crippen molar-refractivity contribution in [1.29, 1.82) is 0 Å². The Labute approximate surface area is 135 Å². The molecule has 0 spiro atoms. The van der Waals surface area contributed by atoms with Crippen molar-refractivity contribution in [1.82, 2.24) is 25.4 Å². The van der Waals surface area contributed by atoms with Crippen LogP contribution in [0.25, 0.3) is 5.82 Å². The van der Waals surface area contributed by atoms with E-state index in [2.05, 4.69) is 20.7 Å². The fourth-order valence-electron chi connectivity index (χ4n) is 2.21. The molecule has 2 rings (SSSR count). The van der Waals surface area contributed by atoms with E-state index in [1.54, 1.807) is 17.1 Å². The lowest BCUT2D eigenvalue weighted by Gasteiger charge is -2.21. The van der Waals surface area contributed by atoms with Crippen LogP contribution in [0.5, 0.6) is 0 Å². The number of aliphatic hydroxyl groups excluding tert-OH is 1. The van der Waals surface area contributed by atoms with Crippen LogP contribution in [0.2, 0.25) is 0 Å². The summed E-state index contributed by atoms with van der Waals surface area (Å²) in [5, 5.41) is 18.9. The summed E-state index contributed by atoms with van der Waals surface area (Å²) in [4.78, 5) is 16.2. The summed E-state index contributed by atoms with van der Waals surface area (Å²) in [6.45, 7) is 4.48. The quantitative estimate of drug-likeness (QED) is 0.721. The zero-order chi connectivity index (χ0) is 16.7. The second kappa shape index (κ2) is 8.28. The largest absolute Gasteiger partial charge is 0.396 e. The third-order valence-electron chi connectivity index (χ3n) is 3.56. The van der Waals surface area contributed by atoms with Gasteiger partial charge in [0.1, 0.15) is 0 Å². The summed E-state index contributed by atoms with van der Waals surface area (Å²) in [5.41, 5.74) is 0.934. The minimum absolute atomic E-state index is 0.0444. The Morgan fingerprint density at radius 3 is 2.87 bits per heavy atom. The van der Waals surface area contributed by atoms with Gasteiger partial charge in [-0.2, -0.15) is 5.10 Å². The number of hydrogen-bond donors (Lipinski definition) is 3. The highest BCUT2D eigenvalue weighted by molar-refractivity contribution is 5.74. The van der Waals surface area contributed by atoms with E-state index in [4.69, 9.17) is 5.11 Å². The van der Waals surface area contributed by atoms with E-state index < -0.39 is 0 Å². The van der Waals surface area contributed by atoms with E-state index in [1.807, 2.05) is 38.2 Å². The van der Waals surface area contributed by atoms with E-state index in [9.17, 15) is 4.79 Å². The first-order valence-corrected chi connectivity index (χ1v) is 7.70. The number of rotatable bonds is 7. The van der Waals surface area contributed by atoms with E-state index in [1.165, 1.54) is 0 Å². The molecule has 0 aliphatic heterocycles. The van der Waals surface area contributed by atoms with Crippen molar-refractivity contribution in [3.63, 3.8) is 0 Å². The molecule has 3 N–H and O–H groups in total. The van der Waals surface area contributed by atoms with Gasteiger partial charge in [-0.15, -0.1) is 0 Å². The molecule has 0 aromatic carbocycles. The number of pyridine rings is 1. The highest BCUT2D eigenvalue weighted by atomic mass is 16.3. The molecule has 0 saturated carbocycles. The van der Waals surface area contributed by atoms with Crippen LogP contribution in [0.4, 0.5) is 4.79 Å². The summed E-state index contributed by atoms with van der Waals surface area (Å²) in [5.74, 6) is 0.968. The first-order chi connectivity index (χ1) is 11.1. The van der Waals surface area contributed by atoms with Crippen LogP contribution in [-0.4, -0.2) is 38.6 Å². The first kappa shape index (κ1) is 17.0. The van der Waals surface area contributed by atoms with Crippen LogP contribution in [0, 0.1) is 5.92 Å². The number of aliphatic hydroxyl groups is 1. The molecule has 2 aromatic rings. The lowest BCUT2D eigenvalue weighted by molar-refractivity contribution is 0.218. The lowest BCUT2D eigenvalue weighted by Crippen LogP contribution is -2.44. The number of aromatic nitrogens is 3. The molecule has 2 amide bonds. The Bertz CT molecular complexity index is 613. The molecule has 0 saturated heterocycles. The van der Waals surface area contributed by atoms with Crippen molar-refractivity contribution >= 4 is 6.03 Å². The topological polar surface area (TPSA) is 92.1 Å². The minimum atomic E-state index is -0.241. The molecule has 1 unspecified atom stereocenters. The van der Waals surface area contributed by atoms with E-state index >= 15 is 0 Å². The van der Waals surface area contributed by atoms with Gasteiger partial charge in [-0.05, 0) is 36.1 Å². The minimum Gasteiger partial charge on any atom is -0.396 e. The van der Waals surface area contributed by atoms with Gasteiger partial charge in [0, 0.05) is 37.8 Å². The fourth-order valence-corrected chi connectivity index (χ4v) is 2.21. The van der Waals surface area contributed by atoms with E-state index in [0.29, 0.717) is 18.8 Å². The molecule has 2 aromatic heterocycles. The highest BCUT2D eigenvalue weighted by Gasteiger charge is 2.15. The molecule has 7 nitrogen and oxygen atoms in total. The van der Waals surface area contributed by atoms with Gasteiger partial charge < -0.3 is 15.7 Å². The Balaban J connectivity index is 1.90. The smallest absolute Gasteiger partial charge is 0.315 e. The molecule has 0 fully saturated rings. The van der Waals surface area contributed by atoms with Gasteiger partial charge in [-0.1, -0.05) is 13.8 Å². The zero-order valence-corrected chi connectivity index (χ0v) is 13.4. The fraction of sp³-hybridized carbons (Fsp3) is 0.438. The second-order valence-electron chi connectivity index (χ2n) is 5.66. The Morgan fingerprint density at radius 1 is 1.39 bits per heavy atom. The Kier molecular flexibility index (Phi) is 6.10. The number of hydrogen-bond acceptors (Lipinski definition) is 4. The van der Waals surface area contributed by atoms with Gasteiger partial charge in [-0.25, -0.2) is 14.5 Å². The maximum absolute atomic E-state index is 12.0. The maximum Gasteiger partial charge on any atom is 0.315 e. The second-order valence-corrected chi connectivity index (χ2v) is 5.66. The van der Waals surface area contributed by atoms with Crippen LogP contribution in [0.3, 0.4) is 0 Å². The number of urea groups is 1. The molecular formula is C16H23N5O2. The summed E-state index contributed by atoms with van der Waals surface area (Å²) in [6.07, 6.45) is 5.74. The van der Waals surface area contributed by atoms with Gasteiger partial charge in [0.15, 0.2) is 5.82 Å². The molecule has 2 heterocycles. The van der Waals surface area contributed by atoms with Crippen molar-refractivity contribution in [2.75, 3.05) is 6.61 Å². The van der Waals surface area contributed by atoms with Crippen molar-refractivity contribution in [3.8, 4) is 5.82 Å². The molecule has 7 heteroatoms. The van der Waals surface area contributed by atoms with Crippen molar-refractivity contribution in [3.05, 3.63) is 42.4 Å². The predicted molar refractivity (Wildman–Crippen MR) is 87.1 cm³/mol. The monoisotopic (exact) mass is 317 g/mol. The van der Waals surface area contributed by atoms with Crippen LogP contribution in [0.15, 0.2) is 36.8 Å². The SMILES string of the molecule is CC(C)C(CCO)NC(=O)NCc1ccnc(-n2cccn2)c1. The van der Waals surface area contributed by atoms with Crippen molar-refractivity contribution in [2.24, 2.45) is 5.92 Å². The van der Waals surface area contributed by atoms with Crippen LogP contribution in [0.1, 0.15) is 25.8 Å². The molecule has 0 aliphatic carbocycles. The molecule has 0 aliphatic rings. The average Bonchev–Trinajstić information content (AvgIpc) is 3.07. The summed E-state index contributed by atoms with van der Waals surface area (Å²) < 4.78 is 1.67. The van der Waals surface area contributed by atoms with Crippen molar-refractivity contribution in [2.45, 2.75) is 32.9 Å². The Hall–Kier alpha value is -2.41. The molecule has 0 radical (unpaired) electrons. The van der Waals surface area contributed by atoms with Crippen LogP contribution >= 0.6 is 0 Å². The number of carbonyl (C=O) groups is 1. The summed E-state index contributed by atoms with van der Waals surface area (Å²) in [6, 6.07) is 5.27.